The molecule has 0 amide bonds. The predicted octanol–water partition coefficient (Wildman–Crippen LogP) is 9.92. The van der Waals surface area contributed by atoms with E-state index in [4.69, 9.17) is 14.2 Å². The molecule has 0 aromatic heterocycles. The van der Waals surface area contributed by atoms with Gasteiger partial charge in [0.05, 0.1) is 30.5 Å². The van der Waals surface area contributed by atoms with Crippen molar-refractivity contribution in [2.24, 2.45) is 0 Å². The van der Waals surface area contributed by atoms with Crippen LogP contribution in [0.5, 0.6) is 0 Å². The van der Waals surface area contributed by atoms with Gasteiger partial charge in [-0.05, 0) is 64.4 Å². The molecule has 0 aliphatic carbocycles. The molecular weight excluding hydrogens is 524 g/mol. The van der Waals surface area contributed by atoms with Crippen molar-refractivity contribution in [2.45, 2.75) is 217 Å². The Morgan fingerprint density at radius 3 is 1.88 bits per heavy atom. The SMILES string of the molecule is CCCCCCCCCCC[C@H]1CC[C@H]([C@H]2CC[C@H]([C@H](O)CCCCCCCCCCCCC3=C[C@H](C)OC3=O)O2)O1. The largest absolute Gasteiger partial charge is 0.455 e. The van der Waals surface area contributed by atoms with Gasteiger partial charge in [-0.1, -0.05) is 122 Å². The van der Waals surface area contributed by atoms with Crippen molar-refractivity contribution >= 4 is 5.97 Å². The van der Waals surface area contributed by atoms with Crippen LogP contribution in [0.25, 0.3) is 0 Å². The molecule has 42 heavy (non-hydrogen) atoms. The minimum Gasteiger partial charge on any atom is -0.455 e. The summed E-state index contributed by atoms with van der Waals surface area (Å²) in [6, 6.07) is 0. The minimum atomic E-state index is -0.320. The van der Waals surface area contributed by atoms with Crippen LogP contribution in [-0.4, -0.2) is 47.7 Å². The molecule has 1 N–H and O–H groups in total. The molecule has 244 valence electrons. The van der Waals surface area contributed by atoms with Crippen LogP contribution in [0.4, 0.5) is 0 Å². The minimum absolute atomic E-state index is 0.00832. The molecule has 3 rings (SSSR count). The lowest BCUT2D eigenvalue weighted by molar-refractivity contribution is -0.139. The monoisotopic (exact) mass is 590 g/mol. The lowest BCUT2D eigenvalue weighted by Gasteiger charge is -2.23. The second-order valence-electron chi connectivity index (χ2n) is 13.7. The summed E-state index contributed by atoms with van der Waals surface area (Å²) in [6.45, 7) is 4.21. The van der Waals surface area contributed by atoms with Gasteiger partial charge >= 0.3 is 5.97 Å². The maximum atomic E-state index is 11.6. The van der Waals surface area contributed by atoms with Crippen LogP contribution in [-0.2, 0) is 19.0 Å². The molecular formula is C37H66O5. The zero-order chi connectivity index (χ0) is 29.8. The molecule has 0 saturated carbocycles. The van der Waals surface area contributed by atoms with Crippen LogP contribution >= 0.6 is 0 Å². The van der Waals surface area contributed by atoms with Gasteiger partial charge in [0, 0.05) is 5.57 Å². The summed E-state index contributed by atoms with van der Waals surface area (Å²) in [5, 5.41) is 10.8. The Morgan fingerprint density at radius 1 is 0.714 bits per heavy atom. The Kier molecular flexibility index (Phi) is 18.4. The van der Waals surface area contributed by atoms with Crippen molar-refractivity contribution in [1.82, 2.24) is 0 Å². The van der Waals surface area contributed by atoms with Crippen molar-refractivity contribution in [1.29, 1.82) is 0 Å². The van der Waals surface area contributed by atoms with Gasteiger partial charge in [-0.3, -0.25) is 0 Å². The molecule has 3 aliphatic heterocycles. The van der Waals surface area contributed by atoms with Crippen molar-refractivity contribution < 1.29 is 24.1 Å². The Labute approximate surface area is 258 Å². The molecule has 3 heterocycles. The number of esters is 1. The van der Waals surface area contributed by atoms with Crippen LogP contribution < -0.4 is 0 Å². The van der Waals surface area contributed by atoms with Crippen molar-refractivity contribution in [2.75, 3.05) is 0 Å². The highest BCUT2D eigenvalue weighted by atomic mass is 16.6. The van der Waals surface area contributed by atoms with Crippen LogP contribution in [0.1, 0.15) is 181 Å². The topological polar surface area (TPSA) is 65.0 Å². The molecule has 0 bridgehead atoms. The molecule has 5 nitrogen and oxygen atoms in total. The number of hydrogen-bond donors (Lipinski definition) is 1. The first kappa shape index (κ1) is 35.6. The Balaban J connectivity index is 1.09. The Bertz CT molecular complexity index is 736. The zero-order valence-electron chi connectivity index (χ0n) is 27.5. The number of rotatable bonds is 25. The quantitative estimate of drug-likeness (QED) is 0.0846. The van der Waals surface area contributed by atoms with Crippen LogP contribution in [0.2, 0.25) is 0 Å². The number of cyclic esters (lactones) is 1. The van der Waals surface area contributed by atoms with Gasteiger partial charge in [-0.2, -0.15) is 0 Å². The summed E-state index contributed by atoms with van der Waals surface area (Å²) in [7, 11) is 0. The lowest BCUT2D eigenvalue weighted by atomic mass is 10.0. The number of aliphatic hydroxyl groups excluding tert-OH is 1. The van der Waals surface area contributed by atoms with E-state index >= 15 is 0 Å². The van der Waals surface area contributed by atoms with Gasteiger partial charge in [0.1, 0.15) is 6.10 Å². The van der Waals surface area contributed by atoms with E-state index < -0.39 is 0 Å². The van der Waals surface area contributed by atoms with Crippen LogP contribution in [0.15, 0.2) is 11.6 Å². The fourth-order valence-electron chi connectivity index (χ4n) is 7.23. The van der Waals surface area contributed by atoms with Gasteiger partial charge in [0.15, 0.2) is 0 Å². The number of unbranched alkanes of at least 4 members (excludes halogenated alkanes) is 17. The summed E-state index contributed by atoms with van der Waals surface area (Å²) >= 11 is 0. The first-order chi connectivity index (χ1) is 20.6. The fraction of sp³-hybridized carbons (Fsp3) is 0.919. The summed E-state index contributed by atoms with van der Waals surface area (Å²) in [5.74, 6) is -0.110. The van der Waals surface area contributed by atoms with E-state index in [9.17, 15) is 9.90 Å². The summed E-state index contributed by atoms with van der Waals surface area (Å²) < 4.78 is 17.9. The highest BCUT2D eigenvalue weighted by Crippen LogP contribution is 2.34. The number of carbonyl (C=O) groups excluding carboxylic acids is 1. The van der Waals surface area contributed by atoms with Crippen molar-refractivity contribution in [3.63, 3.8) is 0 Å². The highest BCUT2D eigenvalue weighted by Gasteiger charge is 2.39. The molecule has 0 aromatic carbocycles. The van der Waals surface area contributed by atoms with Crippen LogP contribution in [0, 0.1) is 0 Å². The van der Waals surface area contributed by atoms with Gasteiger partial charge in [0.2, 0.25) is 0 Å². The summed E-state index contributed by atoms with van der Waals surface area (Å²) in [6.07, 6.45) is 34.6. The summed E-state index contributed by atoms with van der Waals surface area (Å²) in [4.78, 5) is 11.6. The number of aliphatic hydroxyl groups is 1. The second kappa shape index (κ2) is 21.7. The first-order valence-electron chi connectivity index (χ1n) is 18.5. The lowest BCUT2D eigenvalue weighted by Crippen LogP contribution is -2.31. The molecule has 0 unspecified atom stereocenters. The molecule has 2 fully saturated rings. The highest BCUT2D eigenvalue weighted by molar-refractivity contribution is 5.90. The van der Waals surface area contributed by atoms with Gasteiger partial charge < -0.3 is 19.3 Å². The van der Waals surface area contributed by atoms with E-state index in [2.05, 4.69) is 6.92 Å². The number of ether oxygens (including phenoxy) is 3. The summed E-state index contributed by atoms with van der Waals surface area (Å²) in [5.41, 5.74) is 0.878. The smallest absolute Gasteiger partial charge is 0.334 e. The Morgan fingerprint density at radius 2 is 1.26 bits per heavy atom. The maximum Gasteiger partial charge on any atom is 0.334 e. The average Bonchev–Trinajstić information content (AvgIpc) is 3.73. The third-order valence-corrected chi connectivity index (χ3v) is 9.89. The van der Waals surface area contributed by atoms with E-state index in [0.717, 1.165) is 50.5 Å². The number of carbonyl (C=O) groups is 1. The Hall–Kier alpha value is -0.910. The van der Waals surface area contributed by atoms with Crippen molar-refractivity contribution in [3.05, 3.63) is 11.6 Å². The van der Waals surface area contributed by atoms with E-state index in [1.54, 1.807) is 0 Å². The maximum absolute atomic E-state index is 11.6. The van der Waals surface area contributed by atoms with Gasteiger partial charge in [0.25, 0.3) is 0 Å². The molecule has 0 spiro atoms. The van der Waals surface area contributed by atoms with Gasteiger partial charge in [-0.15, -0.1) is 0 Å². The molecule has 2 saturated heterocycles. The van der Waals surface area contributed by atoms with Crippen molar-refractivity contribution in [3.8, 4) is 0 Å². The molecule has 3 aliphatic rings. The molecule has 0 radical (unpaired) electrons. The van der Waals surface area contributed by atoms with Gasteiger partial charge in [-0.25, -0.2) is 4.79 Å². The first-order valence-corrected chi connectivity index (χ1v) is 18.5. The molecule has 5 heteroatoms. The van der Waals surface area contributed by atoms with E-state index in [1.807, 2.05) is 13.0 Å². The molecule has 0 aromatic rings. The third kappa shape index (κ3) is 14.2. The average molecular weight is 591 g/mol. The van der Waals surface area contributed by atoms with E-state index in [0.29, 0.717) is 6.10 Å². The van der Waals surface area contributed by atoms with E-state index in [1.165, 1.54) is 122 Å². The zero-order valence-corrected chi connectivity index (χ0v) is 27.5. The second-order valence-corrected chi connectivity index (χ2v) is 13.7. The van der Waals surface area contributed by atoms with Crippen LogP contribution in [0.3, 0.4) is 0 Å². The van der Waals surface area contributed by atoms with E-state index in [-0.39, 0.29) is 36.5 Å². The normalized spacial score (nSPS) is 26.6. The third-order valence-electron chi connectivity index (χ3n) is 9.89. The predicted molar refractivity (Wildman–Crippen MR) is 173 cm³/mol. The number of hydrogen-bond acceptors (Lipinski definition) is 5. The fourth-order valence-corrected chi connectivity index (χ4v) is 7.23. The molecule has 6 atom stereocenters. The standard InChI is InChI=1S/C37H66O5/c1-3-4-5-6-7-10-14-17-20-23-32-25-26-35(41-32)36-28-27-34(42-36)33(38)24-21-18-15-12-9-8-11-13-16-19-22-31-29-30(2)40-37(31)39/h29-30,32-36,38H,3-28H2,1-2H3/t30-,32-,33+,34+,35+,36+/m0/s1.